The van der Waals surface area contributed by atoms with Gasteiger partial charge >= 0.3 is 0 Å². The maximum Gasteiger partial charge on any atom is 0.0656 e. The predicted molar refractivity (Wildman–Crippen MR) is 93.1 cm³/mol. The molecule has 0 aliphatic rings. The number of aryl methyl sites for hydroxylation is 1. The van der Waals surface area contributed by atoms with Crippen molar-refractivity contribution in [3.05, 3.63) is 71.3 Å². The third-order valence-corrected chi connectivity index (χ3v) is 4.99. The summed E-state index contributed by atoms with van der Waals surface area (Å²) in [5, 5.41) is 0.0215. The fourth-order valence-electron chi connectivity index (χ4n) is 2.86. The van der Waals surface area contributed by atoms with E-state index in [1.54, 1.807) is 0 Å². The number of benzene rings is 2. The van der Waals surface area contributed by atoms with Crippen molar-refractivity contribution in [2.24, 2.45) is 5.92 Å². The summed E-state index contributed by atoms with van der Waals surface area (Å²) in [6.45, 7) is 6.72. The van der Waals surface area contributed by atoms with Gasteiger partial charge in [-0.3, -0.25) is 0 Å². The van der Waals surface area contributed by atoms with Crippen molar-refractivity contribution in [3.63, 3.8) is 0 Å². The summed E-state index contributed by atoms with van der Waals surface area (Å²) in [5.41, 5.74) is 3.93. The van der Waals surface area contributed by atoms with Gasteiger partial charge in [0.2, 0.25) is 0 Å². The second-order valence-electron chi connectivity index (χ2n) is 5.82. The molecule has 0 fully saturated rings. The minimum absolute atomic E-state index is 0.0215. The van der Waals surface area contributed by atoms with Gasteiger partial charge in [-0.2, -0.15) is 0 Å². The predicted octanol–water partition coefficient (Wildman–Crippen LogP) is 6.36. The molecule has 2 aromatic rings. The van der Waals surface area contributed by atoms with E-state index in [1.165, 1.54) is 16.7 Å². The molecule has 0 aliphatic carbocycles. The van der Waals surface area contributed by atoms with Crippen LogP contribution in [-0.4, -0.2) is 0 Å². The Kier molecular flexibility index (Phi) is 5.87. The third-order valence-electron chi connectivity index (χ3n) is 4.46. The maximum atomic E-state index is 6.88. The Bertz CT molecular complexity index is 530. The Morgan fingerprint density at radius 1 is 0.857 bits per heavy atom. The average molecular weight is 301 g/mol. The lowest BCUT2D eigenvalue weighted by atomic mass is 9.80. The van der Waals surface area contributed by atoms with Crippen LogP contribution >= 0.6 is 11.6 Å². The van der Waals surface area contributed by atoms with E-state index < -0.39 is 0 Å². The summed E-state index contributed by atoms with van der Waals surface area (Å²) < 4.78 is 0. The zero-order chi connectivity index (χ0) is 15.2. The van der Waals surface area contributed by atoms with Gasteiger partial charge in [0.25, 0.3) is 0 Å². The second kappa shape index (κ2) is 7.66. The topological polar surface area (TPSA) is 0 Å². The highest BCUT2D eigenvalue weighted by molar-refractivity contribution is 6.21. The van der Waals surface area contributed by atoms with Crippen LogP contribution in [0.3, 0.4) is 0 Å². The molecule has 0 aliphatic heterocycles. The van der Waals surface area contributed by atoms with Crippen LogP contribution in [-0.2, 0) is 6.42 Å². The molecule has 112 valence electrons. The fourth-order valence-corrected chi connectivity index (χ4v) is 3.40. The molecule has 0 bridgehead atoms. The first kappa shape index (κ1) is 16.1. The smallest absolute Gasteiger partial charge is 0.0656 e. The highest BCUT2D eigenvalue weighted by Gasteiger charge is 2.27. The number of hydrogen-bond donors (Lipinski definition) is 0. The van der Waals surface area contributed by atoms with Gasteiger partial charge in [-0.25, -0.2) is 0 Å². The Hall–Kier alpha value is -1.27. The number of alkyl halides is 1. The van der Waals surface area contributed by atoms with Gasteiger partial charge in [0.1, 0.15) is 0 Å². The first-order valence-corrected chi connectivity index (χ1v) is 8.38. The summed E-state index contributed by atoms with van der Waals surface area (Å²) in [6, 6.07) is 19.5. The van der Waals surface area contributed by atoms with Gasteiger partial charge in [0.05, 0.1) is 5.38 Å². The Balaban J connectivity index is 2.31. The molecule has 3 unspecified atom stereocenters. The van der Waals surface area contributed by atoms with Crippen molar-refractivity contribution in [3.8, 4) is 0 Å². The van der Waals surface area contributed by atoms with Crippen molar-refractivity contribution in [1.29, 1.82) is 0 Å². The standard InChI is InChI=1S/C20H25Cl/c1-4-15(3)19(17-9-7-6-8-10-17)20(21)18-13-11-16(5-2)12-14-18/h6-15,19-20H,4-5H2,1-3H3. The van der Waals surface area contributed by atoms with E-state index in [2.05, 4.69) is 75.4 Å². The first-order valence-electron chi connectivity index (χ1n) is 7.95. The lowest BCUT2D eigenvalue weighted by Crippen LogP contribution is -2.15. The van der Waals surface area contributed by atoms with Crippen molar-refractivity contribution < 1.29 is 0 Å². The quantitative estimate of drug-likeness (QED) is 0.545. The van der Waals surface area contributed by atoms with Crippen LogP contribution in [0.15, 0.2) is 54.6 Å². The molecule has 0 amide bonds. The molecule has 0 heterocycles. The monoisotopic (exact) mass is 300 g/mol. The summed E-state index contributed by atoms with van der Waals surface area (Å²) in [6.07, 6.45) is 2.20. The lowest BCUT2D eigenvalue weighted by molar-refractivity contribution is 0.434. The summed E-state index contributed by atoms with van der Waals surface area (Å²) in [4.78, 5) is 0. The molecule has 0 aromatic heterocycles. The Labute approximate surface area is 134 Å². The lowest BCUT2D eigenvalue weighted by Gasteiger charge is -2.28. The molecule has 2 rings (SSSR count). The molecular weight excluding hydrogens is 276 g/mol. The van der Waals surface area contributed by atoms with E-state index >= 15 is 0 Å². The molecular formula is C20H25Cl. The zero-order valence-corrected chi connectivity index (χ0v) is 14.0. The minimum Gasteiger partial charge on any atom is -0.117 e. The van der Waals surface area contributed by atoms with Crippen LogP contribution < -0.4 is 0 Å². The molecule has 21 heavy (non-hydrogen) atoms. The largest absolute Gasteiger partial charge is 0.117 e. The van der Waals surface area contributed by atoms with E-state index in [0.717, 1.165) is 12.8 Å². The van der Waals surface area contributed by atoms with E-state index in [-0.39, 0.29) is 5.38 Å². The molecule has 0 nitrogen and oxygen atoms in total. The highest BCUT2D eigenvalue weighted by atomic mass is 35.5. The van der Waals surface area contributed by atoms with Gasteiger partial charge in [0, 0.05) is 5.92 Å². The molecule has 1 heteroatoms. The maximum absolute atomic E-state index is 6.88. The van der Waals surface area contributed by atoms with Gasteiger partial charge in [-0.1, -0.05) is 81.8 Å². The van der Waals surface area contributed by atoms with E-state index in [1.807, 2.05) is 0 Å². The minimum atomic E-state index is 0.0215. The highest BCUT2D eigenvalue weighted by Crippen LogP contribution is 2.42. The van der Waals surface area contributed by atoms with Crippen molar-refractivity contribution in [2.75, 3.05) is 0 Å². The fraction of sp³-hybridized carbons (Fsp3) is 0.400. The van der Waals surface area contributed by atoms with E-state index in [0.29, 0.717) is 11.8 Å². The van der Waals surface area contributed by atoms with Crippen molar-refractivity contribution >= 4 is 11.6 Å². The summed E-state index contributed by atoms with van der Waals surface area (Å²) >= 11 is 6.88. The molecule has 0 spiro atoms. The average Bonchev–Trinajstić information content (AvgIpc) is 2.55. The summed E-state index contributed by atoms with van der Waals surface area (Å²) in [7, 11) is 0. The van der Waals surface area contributed by atoms with Crippen LogP contribution in [0.2, 0.25) is 0 Å². The first-order chi connectivity index (χ1) is 10.2. The van der Waals surface area contributed by atoms with Crippen molar-refractivity contribution in [1.82, 2.24) is 0 Å². The van der Waals surface area contributed by atoms with Crippen LogP contribution in [0, 0.1) is 5.92 Å². The molecule has 0 radical (unpaired) electrons. The molecule has 0 saturated heterocycles. The van der Waals surface area contributed by atoms with Crippen LogP contribution in [0.25, 0.3) is 0 Å². The van der Waals surface area contributed by atoms with Crippen LogP contribution in [0.4, 0.5) is 0 Å². The second-order valence-corrected chi connectivity index (χ2v) is 6.29. The van der Waals surface area contributed by atoms with Gasteiger partial charge in [0.15, 0.2) is 0 Å². The molecule has 0 N–H and O–H groups in total. The SMILES string of the molecule is CCc1ccc(C(Cl)C(c2ccccc2)C(C)CC)cc1. The Morgan fingerprint density at radius 3 is 2.00 bits per heavy atom. The van der Waals surface area contributed by atoms with E-state index in [9.17, 15) is 0 Å². The molecule has 0 saturated carbocycles. The van der Waals surface area contributed by atoms with E-state index in [4.69, 9.17) is 11.6 Å². The normalized spacial score (nSPS) is 15.4. The zero-order valence-electron chi connectivity index (χ0n) is 13.2. The van der Waals surface area contributed by atoms with Crippen LogP contribution in [0.1, 0.15) is 55.2 Å². The number of rotatable bonds is 6. The molecule has 2 aromatic carbocycles. The van der Waals surface area contributed by atoms with Crippen molar-refractivity contribution in [2.45, 2.75) is 44.9 Å². The summed E-state index contributed by atoms with van der Waals surface area (Å²) in [5.74, 6) is 0.908. The Morgan fingerprint density at radius 2 is 1.48 bits per heavy atom. The van der Waals surface area contributed by atoms with Crippen LogP contribution in [0.5, 0.6) is 0 Å². The third kappa shape index (κ3) is 3.89. The van der Waals surface area contributed by atoms with Gasteiger partial charge < -0.3 is 0 Å². The van der Waals surface area contributed by atoms with Gasteiger partial charge in [-0.05, 0) is 29.0 Å². The number of halogens is 1. The molecule has 3 atom stereocenters. The number of hydrogen-bond acceptors (Lipinski definition) is 0. The van der Waals surface area contributed by atoms with Gasteiger partial charge in [-0.15, -0.1) is 11.6 Å².